The Morgan fingerprint density at radius 1 is 1.34 bits per heavy atom. The van der Waals surface area contributed by atoms with Crippen LogP contribution in [0.4, 0.5) is 0 Å². The third kappa shape index (κ3) is 4.04. The van der Waals surface area contributed by atoms with Gasteiger partial charge in [0.2, 0.25) is 10.0 Å². The molecule has 0 aliphatic carbocycles. The molecule has 29 heavy (non-hydrogen) atoms. The minimum absolute atomic E-state index is 0.107. The fraction of sp³-hybridized carbons (Fsp3) is 0.176. The number of aliphatic carboxylic acids is 1. The first-order chi connectivity index (χ1) is 13.6. The molecule has 3 rings (SSSR count). The van der Waals surface area contributed by atoms with Crippen molar-refractivity contribution in [1.29, 1.82) is 0 Å². The van der Waals surface area contributed by atoms with Crippen LogP contribution in [0.2, 0.25) is 0 Å². The highest BCUT2D eigenvalue weighted by Crippen LogP contribution is 2.29. The standard InChI is InChI=1S/C17H15N3O7S2/c1-8-12-15(23)19-14(20-16(12)28-13(8)17(24)27-2)9-4-3-5-10(6-9)29(25,26)18-7-11(21)22/h3-6,18H,7H2,1-2H3,(H,21,22)(H,19,20,23). The zero-order valence-electron chi connectivity index (χ0n) is 15.2. The predicted molar refractivity (Wildman–Crippen MR) is 105 cm³/mol. The average molecular weight is 437 g/mol. The zero-order chi connectivity index (χ0) is 21.3. The zero-order valence-corrected chi connectivity index (χ0v) is 16.8. The van der Waals surface area contributed by atoms with Crippen LogP contribution in [0.5, 0.6) is 0 Å². The number of H-pyrrole nitrogens is 1. The van der Waals surface area contributed by atoms with Gasteiger partial charge >= 0.3 is 11.9 Å². The number of hydrogen-bond acceptors (Lipinski definition) is 8. The van der Waals surface area contributed by atoms with E-state index in [1.54, 1.807) is 13.0 Å². The number of ether oxygens (including phenoxy) is 1. The molecule has 152 valence electrons. The maximum Gasteiger partial charge on any atom is 0.348 e. The van der Waals surface area contributed by atoms with Crippen molar-refractivity contribution in [3.63, 3.8) is 0 Å². The fourth-order valence-corrected chi connectivity index (χ4v) is 4.74. The van der Waals surface area contributed by atoms with Gasteiger partial charge in [0.15, 0.2) is 0 Å². The van der Waals surface area contributed by atoms with Crippen LogP contribution in [0, 0.1) is 6.92 Å². The monoisotopic (exact) mass is 437 g/mol. The number of carbonyl (C=O) groups excluding carboxylic acids is 1. The van der Waals surface area contributed by atoms with Crippen molar-refractivity contribution < 1.29 is 27.9 Å². The van der Waals surface area contributed by atoms with Crippen molar-refractivity contribution in [1.82, 2.24) is 14.7 Å². The summed E-state index contributed by atoms with van der Waals surface area (Å²) in [5.41, 5.74) is 0.269. The van der Waals surface area contributed by atoms with Crippen molar-refractivity contribution in [2.24, 2.45) is 0 Å². The van der Waals surface area contributed by atoms with Crippen LogP contribution in [-0.2, 0) is 19.6 Å². The van der Waals surface area contributed by atoms with E-state index >= 15 is 0 Å². The van der Waals surface area contributed by atoms with Gasteiger partial charge in [-0.05, 0) is 24.6 Å². The molecule has 0 aliphatic rings. The average Bonchev–Trinajstić information content (AvgIpc) is 3.03. The van der Waals surface area contributed by atoms with E-state index in [1.165, 1.54) is 25.3 Å². The number of nitrogens with one attached hydrogen (secondary N) is 2. The topological polar surface area (TPSA) is 156 Å². The van der Waals surface area contributed by atoms with Crippen LogP contribution in [0.15, 0.2) is 34.0 Å². The molecule has 1 aromatic carbocycles. The summed E-state index contributed by atoms with van der Waals surface area (Å²) in [6, 6.07) is 5.53. The number of benzene rings is 1. The van der Waals surface area contributed by atoms with Crippen molar-refractivity contribution in [3.05, 3.63) is 45.1 Å². The second kappa shape index (κ2) is 7.73. The minimum atomic E-state index is -4.06. The molecule has 2 aromatic heterocycles. The summed E-state index contributed by atoms with van der Waals surface area (Å²) < 4.78 is 31.1. The van der Waals surface area contributed by atoms with Crippen LogP contribution in [0.3, 0.4) is 0 Å². The molecule has 2 heterocycles. The first kappa shape index (κ1) is 20.6. The summed E-state index contributed by atoms with van der Waals surface area (Å²) in [5, 5.41) is 8.92. The van der Waals surface area contributed by atoms with E-state index in [9.17, 15) is 22.8 Å². The highest BCUT2D eigenvalue weighted by atomic mass is 32.2. The lowest BCUT2D eigenvalue weighted by Gasteiger charge is -2.07. The number of aromatic amines is 1. The quantitative estimate of drug-likeness (QED) is 0.484. The van der Waals surface area contributed by atoms with E-state index in [1.807, 2.05) is 4.72 Å². The molecular formula is C17H15N3O7S2. The predicted octanol–water partition coefficient (Wildman–Crippen LogP) is 1.11. The summed E-state index contributed by atoms with van der Waals surface area (Å²) in [5.74, 6) is -1.80. The first-order valence-electron chi connectivity index (χ1n) is 8.07. The first-order valence-corrected chi connectivity index (χ1v) is 10.4. The van der Waals surface area contributed by atoms with E-state index < -0.39 is 34.1 Å². The van der Waals surface area contributed by atoms with E-state index in [-0.39, 0.29) is 21.0 Å². The molecule has 0 bridgehead atoms. The van der Waals surface area contributed by atoms with Gasteiger partial charge in [-0.25, -0.2) is 18.2 Å². The molecule has 3 N–H and O–H groups in total. The van der Waals surface area contributed by atoms with Gasteiger partial charge in [0.25, 0.3) is 5.56 Å². The molecule has 0 saturated carbocycles. The SMILES string of the molecule is COC(=O)c1sc2nc(-c3cccc(S(=O)(=O)NCC(=O)O)c3)[nH]c(=O)c2c1C. The highest BCUT2D eigenvalue weighted by Gasteiger charge is 2.21. The van der Waals surface area contributed by atoms with Crippen LogP contribution in [0.1, 0.15) is 15.2 Å². The van der Waals surface area contributed by atoms with Gasteiger partial charge in [-0.3, -0.25) is 9.59 Å². The largest absolute Gasteiger partial charge is 0.480 e. The van der Waals surface area contributed by atoms with Crippen LogP contribution < -0.4 is 10.3 Å². The third-order valence-corrected chi connectivity index (χ3v) is 6.57. The number of esters is 1. The third-order valence-electron chi connectivity index (χ3n) is 4.00. The molecule has 3 aromatic rings. The summed E-state index contributed by atoms with van der Waals surface area (Å²) in [6.07, 6.45) is 0. The summed E-state index contributed by atoms with van der Waals surface area (Å²) >= 11 is 0.999. The summed E-state index contributed by atoms with van der Waals surface area (Å²) in [7, 11) is -2.83. The number of nitrogens with zero attached hydrogens (tertiary/aromatic N) is 1. The number of carboxylic acid groups (broad SMARTS) is 1. The normalized spacial score (nSPS) is 11.5. The molecular weight excluding hydrogens is 422 g/mol. The molecule has 0 unspecified atom stereocenters. The summed E-state index contributed by atoms with van der Waals surface area (Å²) in [4.78, 5) is 42.3. The number of sulfonamides is 1. The van der Waals surface area contributed by atoms with Gasteiger partial charge in [-0.1, -0.05) is 12.1 Å². The van der Waals surface area contributed by atoms with Gasteiger partial charge < -0.3 is 14.8 Å². The van der Waals surface area contributed by atoms with Crippen molar-refractivity contribution in [2.75, 3.05) is 13.7 Å². The lowest BCUT2D eigenvalue weighted by Crippen LogP contribution is -2.29. The van der Waals surface area contributed by atoms with Crippen molar-refractivity contribution >= 4 is 43.5 Å². The Balaban J connectivity index is 2.09. The Morgan fingerprint density at radius 3 is 2.72 bits per heavy atom. The Bertz CT molecular complexity index is 1290. The lowest BCUT2D eigenvalue weighted by atomic mass is 10.2. The maximum absolute atomic E-state index is 12.5. The molecule has 0 saturated heterocycles. The number of thiophene rings is 1. The van der Waals surface area contributed by atoms with Gasteiger partial charge in [0.1, 0.15) is 22.1 Å². The minimum Gasteiger partial charge on any atom is -0.480 e. The lowest BCUT2D eigenvalue weighted by molar-refractivity contribution is -0.135. The molecule has 0 atom stereocenters. The number of aryl methyl sites for hydroxylation is 1. The fourth-order valence-electron chi connectivity index (χ4n) is 2.62. The van der Waals surface area contributed by atoms with Gasteiger partial charge in [0.05, 0.1) is 17.4 Å². The second-order valence-electron chi connectivity index (χ2n) is 5.89. The molecule has 12 heteroatoms. The maximum atomic E-state index is 12.5. The Morgan fingerprint density at radius 2 is 2.07 bits per heavy atom. The smallest absolute Gasteiger partial charge is 0.348 e. The number of fused-ring (bicyclic) bond motifs is 1. The number of aromatic nitrogens is 2. The second-order valence-corrected chi connectivity index (χ2v) is 8.65. The van der Waals surface area contributed by atoms with Crippen LogP contribution in [-0.4, -0.2) is 49.1 Å². The molecule has 0 radical (unpaired) electrons. The van der Waals surface area contributed by atoms with E-state index in [4.69, 9.17) is 9.84 Å². The molecule has 10 nitrogen and oxygen atoms in total. The molecule has 0 amide bonds. The number of carbonyl (C=O) groups is 2. The number of carboxylic acids is 1. The highest BCUT2D eigenvalue weighted by molar-refractivity contribution is 7.89. The molecule has 0 spiro atoms. The van der Waals surface area contributed by atoms with Gasteiger partial charge in [-0.15, -0.1) is 11.3 Å². The Kier molecular flexibility index (Phi) is 5.50. The van der Waals surface area contributed by atoms with E-state index in [0.29, 0.717) is 16.0 Å². The van der Waals surface area contributed by atoms with Crippen molar-refractivity contribution in [2.45, 2.75) is 11.8 Å². The van der Waals surface area contributed by atoms with Gasteiger partial charge in [-0.2, -0.15) is 4.72 Å². The Hall–Kier alpha value is -3.09. The van der Waals surface area contributed by atoms with Crippen LogP contribution in [0.25, 0.3) is 21.6 Å². The number of methoxy groups -OCH3 is 1. The summed E-state index contributed by atoms with van der Waals surface area (Å²) in [6.45, 7) is 0.849. The van der Waals surface area contributed by atoms with E-state index in [0.717, 1.165) is 11.3 Å². The van der Waals surface area contributed by atoms with Gasteiger partial charge in [0, 0.05) is 5.56 Å². The molecule has 0 fully saturated rings. The Labute approximate surface area is 168 Å². The number of rotatable bonds is 6. The molecule has 0 aliphatic heterocycles. The number of hydrogen-bond donors (Lipinski definition) is 3. The van der Waals surface area contributed by atoms with Crippen LogP contribution >= 0.6 is 11.3 Å². The van der Waals surface area contributed by atoms with E-state index in [2.05, 4.69) is 9.97 Å². The van der Waals surface area contributed by atoms with Crippen molar-refractivity contribution in [3.8, 4) is 11.4 Å².